The number of rotatable bonds is 2. The predicted octanol–water partition coefficient (Wildman–Crippen LogP) is 3.48. The minimum atomic E-state index is -4.53. The van der Waals surface area contributed by atoms with Gasteiger partial charge in [0.2, 0.25) is 0 Å². The van der Waals surface area contributed by atoms with Gasteiger partial charge in [0.25, 0.3) is 0 Å². The number of benzene rings is 1. The second kappa shape index (κ2) is 4.74. The van der Waals surface area contributed by atoms with Gasteiger partial charge in [0, 0.05) is 5.33 Å². The molecule has 0 atom stereocenters. The van der Waals surface area contributed by atoms with Crippen LogP contribution in [0.4, 0.5) is 13.2 Å². The molecule has 0 bridgehead atoms. The van der Waals surface area contributed by atoms with E-state index in [1.165, 1.54) is 6.07 Å². The van der Waals surface area contributed by atoms with Gasteiger partial charge in [0.15, 0.2) is 0 Å². The normalized spacial score (nSPS) is 11.0. The lowest BCUT2D eigenvalue weighted by Gasteiger charge is -2.13. The molecule has 16 heavy (non-hydrogen) atoms. The average molecular weight is 294 g/mol. The van der Waals surface area contributed by atoms with Gasteiger partial charge >= 0.3 is 6.18 Å². The summed E-state index contributed by atoms with van der Waals surface area (Å²) in [7, 11) is 1.16. The van der Waals surface area contributed by atoms with Gasteiger partial charge in [0.1, 0.15) is 5.75 Å². The highest BCUT2D eigenvalue weighted by molar-refractivity contribution is 9.08. The van der Waals surface area contributed by atoms with Gasteiger partial charge < -0.3 is 4.74 Å². The molecule has 6 heteroatoms. The number of nitriles is 1. The Labute approximate surface area is 98.8 Å². The van der Waals surface area contributed by atoms with Gasteiger partial charge in [-0.2, -0.15) is 18.4 Å². The van der Waals surface area contributed by atoms with Crippen LogP contribution < -0.4 is 4.74 Å². The number of halogens is 4. The molecule has 0 aromatic heterocycles. The van der Waals surface area contributed by atoms with E-state index in [0.29, 0.717) is 10.9 Å². The number of hydrogen-bond acceptors (Lipinski definition) is 2. The van der Waals surface area contributed by atoms with E-state index in [4.69, 9.17) is 5.26 Å². The summed E-state index contributed by atoms with van der Waals surface area (Å²) in [4.78, 5) is 0. The lowest BCUT2D eigenvalue weighted by molar-refractivity contribution is -0.138. The van der Waals surface area contributed by atoms with Crippen molar-refractivity contribution in [1.29, 1.82) is 5.26 Å². The Bertz CT molecular complexity index is 437. The second-order valence-corrected chi connectivity index (χ2v) is 3.51. The van der Waals surface area contributed by atoms with Crippen molar-refractivity contribution in [3.63, 3.8) is 0 Å². The Hall–Kier alpha value is -1.22. The highest BCUT2D eigenvalue weighted by Crippen LogP contribution is 2.38. The average Bonchev–Trinajstić information content (AvgIpc) is 2.25. The summed E-state index contributed by atoms with van der Waals surface area (Å²) in [5.41, 5.74) is -0.478. The Morgan fingerprint density at radius 2 is 2.06 bits per heavy atom. The number of alkyl halides is 4. The summed E-state index contributed by atoms with van der Waals surface area (Å²) in [6.07, 6.45) is -4.53. The van der Waals surface area contributed by atoms with Crippen molar-refractivity contribution in [2.24, 2.45) is 0 Å². The van der Waals surface area contributed by atoms with Gasteiger partial charge in [0.05, 0.1) is 24.3 Å². The van der Waals surface area contributed by atoms with Gasteiger partial charge in [-0.1, -0.05) is 15.9 Å². The Balaban J connectivity index is 3.45. The maximum Gasteiger partial charge on any atom is 0.420 e. The lowest BCUT2D eigenvalue weighted by atomic mass is 10.0. The van der Waals surface area contributed by atoms with Crippen LogP contribution in [0.1, 0.15) is 16.7 Å². The van der Waals surface area contributed by atoms with Crippen LogP contribution in [-0.2, 0) is 11.5 Å². The summed E-state index contributed by atoms with van der Waals surface area (Å²) in [6, 6.07) is 3.74. The van der Waals surface area contributed by atoms with E-state index >= 15 is 0 Å². The van der Waals surface area contributed by atoms with E-state index in [1.54, 1.807) is 6.07 Å². The van der Waals surface area contributed by atoms with E-state index in [0.717, 1.165) is 13.2 Å². The van der Waals surface area contributed by atoms with Crippen molar-refractivity contribution in [3.05, 3.63) is 28.8 Å². The molecule has 2 nitrogen and oxygen atoms in total. The minimum Gasteiger partial charge on any atom is -0.496 e. The smallest absolute Gasteiger partial charge is 0.420 e. The fourth-order valence-electron chi connectivity index (χ4n) is 1.23. The Kier molecular flexibility index (Phi) is 3.81. The predicted molar refractivity (Wildman–Crippen MR) is 55.3 cm³/mol. The minimum absolute atomic E-state index is 0.00926. The molecule has 1 aromatic carbocycles. The van der Waals surface area contributed by atoms with Crippen LogP contribution in [0.2, 0.25) is 0 Å². The standard InChI is InChI=1S/C10H7BrF3NO/c1-16-9-3-6(4-11)7(5-15)2-8(9)10(12,13)14/h2-3H,4H2,1H3. The Morgan fingerprint density at radius 1 is 1.44 bits per heavy atom. The fourth-order valence-corrected chi connectivity index (χ4v) is 1.69. The van der Waals surface area contributed by atoms with Crippen molar-refractivity contribution in [1.82, 2.24) is 0 Å². The first-order valence-electron chi connectivity index (χ1n) is 4.18. The molecule has 0 aliphatic heterocycles. The fraction of sp³-hybridized carbons (Fsp3) is 0.300. The third-order valence-electron chi connectivity index (χ3n) is 2.00. The molecule has 0 N–H and O–H groups in total. The number of methoxy groups -OCH3 is 1. The SMILES string of the molecule is COc1cc(CBr)c(C#N)cc1C(F)(F)F. The van der Waals surface area contributed by atoms with E-state index in [2.05, 4.69) is 20.7 Å². The van der Waals surface area contributed by atoms with Gasteiger partial charge in [-0.3, -0.25) is 0 Å². The van der Waals surface area contributed by atoms with E-state index < -0.39 is 11.7 Å². The maximum atomic E-state index is 12.6. The summed E-state index contributed by atoms with van der Waals surface area (Å²) >= 11 is 3.10. The number of ether oxygens (including phenoxy) is 1. The summed E-state index contributed by atoms with van der Waals surface area (Å²) in [6.45, 7) is 0. The van der Waals surface area contributed by atoms with Crippen molar-refractivity contribution in [2.75, 3.05) is 7.11 Å². The third kappa shape index (κ3) is 2.47. The highest BCUT2D eigenvalue weighted by Gasteiger charge is 2.35. The number of hydrogen-bond donors (Lipinski definition) is 0. The first kappa shape index (κ1) is 12.8. The molecule has 0 radical (unpaired) electrons. The zero-order valence-corrected chi connectivity index (χ0v) is 9.82. The van der Waals surface area contributed by atoms with Crippen LogP contribution in [0.15, 0.2) is 12.1 Å². The third-order valence-corrected chi connectivity index (χ3v) is 2.60. The molecule has 0 saturated carbocycles. The molecular formula is C10H7BrF3NO. The molecule has 0 aliphatic carbocycles. The van der Waals surface area contributed by atoms with E-state index in [9.17, 15) is 13.2 Å². The molecule has 1 aromatic rings. The van der Waals surface area contributed by atoms with Crippen molar-refractivity contribution in [2.45, 2.75) is 11.5 Å². The largest absolute Gasteiger partial charge is 0.496 e. The molecule has 0 saturated heterocycles. The second-order valence-electron chi connectivity index (χ2n) is 2.95. The first-order valence-corrected chi connectivity index (χ1v) is 5.30. The van der Waals surface area contributed by atoms with Crippen LogP contribution >= 0.6 is 15.9 Å². The van der Waals surface area contributed by atoms with Crippen LogP contribution in [0.25, 0.3) is 0 Å². The van der Waals surface area contributed by atoms with Gasteiger partial charge in [-0.15, -0.1) is 0 Å². The van der Waals surface area contributed by atoms with E-state index in [1.807, 2.05) is 0 Å². The van der Waals surface area contributed by atoms with Crippen molar-refractivity contribution >= 4 is 15.9 Å². The van der Waals surface area contributed by atoms with Crippen molar-refractivity contribution < 1.29 is 17.9 Å². The molecule has 0 amide bonds. The topological polar surface area (TPSA) is 33.0 Å². The van der Waals surface area contributed by atoms with Crippen molar-refractivity contribution in [3.8, 4) is 11.8 Å². The summed E-state index contributed by atoms with van der Waals surface area (Å²) in [5, 5.41) is 9.02. The lowest BCUT2D eigenvalue weighted by Crippen LogP contribution is -2.09. The molecule has 0 unspecified atom stereocenters. The molecule has 0 aliphatic rings. The monoisotopic (exact) mass is 293 g/mol. The summed E-state index contributed by atoms with van der Waals surface area (Å²) < 4.78 is 42.4. The molecular weight excluding hydrogens is 287 g/mol. The van der Waals surface area contributed by atoms with E-state index in [-0.39, 0.29) is 11.3 Å². The van der Waals surface area contributed by atoms with Gasteiger partial charge in [-0.05, 0) is 17.7 Å². The highest BCUT2D eigenvalue weighted by atomic mass is 79.9. The Morgan fingerprint density at radius 3 is 2.44 bits per heavy atom. The van der Waals surface area contributed by atoms with Crippen LogP contribution in [-0.4, -0.2) is 7.11 Å². The zero-order chi connectivity index (χ0) is 12.3. The molecule has 86 valence electrons. The maximum absolute atomic E-state index is 12.6. The van der Waals surface area contributed by atoms with Crippen LogP contribution in [0, 0.1) is 11.3 Å². The molecule has 0 heterocycles. The molecule has 0 fully saturated rings. The quantitative estimate of drug-likeness (QED) is 0.782. The molecule has 1 rings (SSSR count). The number of nitrogens with zero attached hydrogens (tertiary/aromatic N) is 1. The van der Waals surface area contributed by atoms with Crippen LogP contribution in [0.5, 0.6) is 5.75 Å². The zero-order valence-electron chi connectivity index (χ0n) is 8.23. The van der Waals surface area contributed by atoms with Crippen LogP contribution in [0.3, 0.4) is 0 Å². The molecule has 0 spiro atoms. The summed E-state index contributed by atoms with van der Waals surface area (Å²) in [5.74, 6) is -0.277. The first-order chi connectivity index (χ1) is 7.43. The van der Waals surface area contributed by atoms with Gasteiger partial charge in [-0.25, -0.2) is 0 Å².